The van der Waals surface area contributed by atoms with Gasteiger partial charge in [-0.1, -0.05) is 58.4 Å². The van der Waals surface area contributed by atoms with Gasteiger partial charge >= 0.3 is 12.2 Å². The van der Waals surface area contributed by atoms with Crippen molar-refractivity contribution in [2.24, 2.45) is 5.92 Å². The maximum Gasteiger partial charge on any atom is 0.437 e. The second-order valence-electron chi connectivity index (χ2n) is 6.10. The van der Waals surface area contributed by atoms with E-state index in [9.17, 15) is 27.9 Å². The molecule has 2 aromatic carbocycles. The summed E-state index contributed by atoms with van der Waals surface area (Å²) in [5.74, 6) is -2.99. The van der Waals surface area contributed by atoms with Gasteiger partial charge in [0.05, 0.1) is 6.04 Å². The van der Waals surface area contributed by atoms with Crippen LogP contribution in [0.15, 0.2) is 59.1 Å². The zero-order valence-corrected chi connectivity index (χ0v) is 15.2. The molecule has 9 heteroatoms. The number of halogens is 4. The van der Waals surface area contributed by atoms with Gasteiger partial charge in [0.1, 0.15) is 5.92 Å². The van der Waals surface area contributed by atoms with Crippen LogP contribution in [-0.4, -0.2) is 28.8 Å². The minimum absolute atomic E-state index is 0.0110. The second-order valence-corrected chi connectivity index (χ2v) is 7.02. The monoisotopic (exact) mass is 442 g/mol. The summed E-state index contributed by atoms with van der Waals surface area (Å²) < 4.78 is 41.8. The molecule has 0 unspecified atom stereocenters. The Morgan fingerprint density at radius 2 is 1.78 bits per heavy atom. The van der Waals surface area contributed by atoms with Crippen molar-refractivity contribution in [3.8, 4) is 0 Å². The van der Waals surface area contributed by atoms with Crippen molar-refractivity contribution in [1.29, 1.82) is 0 Å². The quantitative estimate of drug-likeness (QED) is 0.636. The van der Waals surface area contributed by atoms with Crippen LogP contribution >= 0.6 is 15.9 Å². The standard InChI is InChI=1S/C18H14BrF3N2O3/c19-12-8-4-7-11(9-12)14-13(15(25)10-5-2-1-3-6-10)17(27,18(20,21)22)24-16(26)23-14/h1-9,13-14,27H,(H2,23,24,26)/t13-,14+,17+/m1/s1. The van der Waals surface area contributed by atoms with E-state index in [4.69, 9.17) is 0 Å². The molecule has 27 heavy (non-hydrogen) atoms. The van der Waals surface area contributed by atoms with Crippen molar-refractivity contribution in [2.45, 2.75) is 17.9 Å². The Balaban J connectivity index is 2.17. The summed E-state index contributed by atoms with van der Waals surface area (Å²) in [5.41, 5.74) is -3.49. The number of amides is 2. The minimum Gasteiger partial charge on any atom is -0.363 e. The van der Waals surface area contributed by atoms with Crippen LogP contribution < -0.4 is 10.6 Å². The van der Waals surface area contributed by atoms with Crippen LogP contribution in [0, 0.1) is 5.92 Å². The van der Waals surface area contributed by atoms with Crippen molar-refractivity contribution >= 4 is 27.7 Å². The highest BCUT2D eigenvalue weighted by Gasteiger charge is 2.66. The van der Waals surface area contributed by atoms with Crippen LogP contribution in [0.1, 0.15) is 22.0 Å². The maximum absolute atomic E-state index is 13.7. The third-order valence-electron chi connectivity index (χ3n) is 4.35. The van der Waals surface area contributed by atoms with Gasteiger partial charge < -0.3 is 15.7 Å². The first-order valence-electron chi connectivity index (χ1n) is 7.86. The fraction of sp³-hybridized carbons (Fsp3) is 0.222. The predicted octanol–water partition coefficient (Wildman–Crippen LogP) is 3.55. The SMILES string of the molecule is O=C1N[C@@H](c2cccc(Br)c2)[C@H](C(=O)c2ccccc2)[C@](O)(C(F)(F)F)N1. The van der Waals surface area contributed by atoms with Crippen LogP contribution in [-0.2, 0) is 0 Å². The van der Waals surface area contributed by atoms with Gasteiger partial charge in [-0.3, -0.25) is 4.79 Å². The van der Waals surface area contributed by atoms with E-state index < -0.39 is 35.7 Å². The van der Waals surface area contributed by atoms with Gasteiger partial charge in [0.2, 0.25) is 5.72 Å². The smallest absolute Gasteiger partial charge is 0.363 e. The normalized spacial score (nSPS) is 25.4. The van der Waals surface area contributed by atoms with E-state index in [0.29, 0.717) is 4.47 Å². The molecule has 1 heterocycles. The lowest BCUT2D eigenvalue weighted by Crippen LogP contribution is -2.72. The summed E-state index contributed by atoms with van der Waals surface area (Å²) in [6, 6.07) is 10.9. The number of carbonyl (C=O) groups excluding carboxylic acids is 2. The average molecular weight is 443 g/mol. The summed E-state index contributed by atoms with van der Waals surface area (Å²) >= 11 is 3.22. The number of nitrogens with one attached hydrogen (secondary N) is 2. The minimum atomic E-state index is -5.27. The molecule has 3 atom stereocenters. The molecule has 3 N–H and O–H groups in total. The van der Waals surface area contributed by atoms with E-state index in [-0.39, 0.29) is 11.1 Å². The Morgan fingerprint density at radius 1 is 1.11 bits per heavy atom. The molecule has 5 nitrogen and oxygen atoms in total. The van der Waals surface area contributed by atoms with Crippen LogP contribution in [0.5, 0.6) is 0 Å². The third-order valence-corrected chi connectivity index (χ3v) is 4.85. The summed E-state index contributed by atoms with van der Waals surface area (Å²) in [6.45, 7) is 0. The lowest BCUT2D eigenvalue weighted by Gasteiger charge is -2.45. The number of alkyl halides is 3. The zero-order chi connectivity index (χ0) is 19.8. The first-order chi connectivity index (χ1) is 12.6. The van der Waals surface area contributed by atoms with Gasteiger partial charge in [-0.2, -0.15) is 13.2 Å². The molecule has 1 saturated heterocycles. The lowest BCUT2D eigenvalue weighted by molar-refractivity contribution is -0.287. The number of benzene rings is 2. The van der Waals surface area contributed by atoms with E-state index in [1.54, 1.807) is 18.2 Å². The molecule has 0 radical (unpaired) electrons. The van der Waals surface area contributed by atoms with Gasteiger partial charge in [0.25, 0.3) is 0 Å². The Morgan fingerprint density at radius 3 is 2.37 bits per heavy atom. The Bertz CT molecular complexity index is 876. The van der Waals surface area contributed by atoms with Crippen molar-refractivity contribution in [2.75, 3.05) is 0 Å². The summed E-state index contributed by atoms with van der Waals surface area (Å²) in [5, 5.41) is 14.3. The van der Waals surface area contributed by atoms with Crippen molar-refractivity contribution in [1.82, 2.24) is 10.6 Å². The van der Waals surface area contributed by atoms with Gasteiger partial charge in [-0.25, -0.2) is 4.79 Å². The highest BCUT2D eigenvalue weighted by molar-refractivity contribution is 9.10. The van der Waals surface area contributed by atoms with Crippen LogP contribution in [0.2, 0.25) is 0 Å². The fourth-order valence-electron chi connectivity index (χ4n) is 3.10. The number of urea groups is 1. The second kappa shape index (κ2) is 6.97. The van der Waals surface area contributed by atoms with Crippen molar-refractivity contribution < 1.29 is 27.9 Å². The molecule has 0 aromatic heterocycles. The number of rotatable bonds is 3. The van der Waals surface area contributed by atoms with Gasteiger partial charge in [-0.15, -0.1) is 0 Å². The molecule has 1 aliphatic rings. The molecule has 142 valence electrons. The van der Waals surface area contributed by atoms with Crippen LogP contribution in [0.4, 0.5) is 18.0 Å². The van der Waals surface area contributed by atoms with Crippen molar-refractivity contribution in [3.05, 3.63) is 70.2 Å². The summed E-state index contributed by atoms with van der Waals surface area (Å²) in [7, 11) is 0. The number of carbonyl (C=O) groups is 2. The Labute approximate surface area is 160 Å². The zero-order valence-electron chi connectivity index (χ0n) is 13.6. The van der Waals surface area contributed by atoms with E-state index in [1.807, 2.05) is 0 Å². The Hall–Kier alpha value is -2.39. The molecule has 2 amide bonds. The number of ketones is 1. The molecule has 3 rings (SSSR count). The van der Waals surface area contributed by atoms with E-state index >= 15 is 0 Å². The molecule has 1 aliphatic heterocycles. The predicted molar refractivity (Wildman–Crippen MR) is 93.8 cm³/mol. The first kappa shape index (κ1) is 19.4. The molecule has 0 aliphatic carbocycles. The summed E-state index contributed by atoms with van der Waals surface area (Å²) in [6.07, 6.45) is -5.27. The molecule has 0 saturated carbocycles. The van der Waals surface area contributed by atoms with E-state index in [0.717, 1.165) is 0 Å². The molecule has 0 spiro atoms. The highest BCUT2D eigenvalue weighted by Crippen LogP contribution is 2.44. The van der Waals surface area contributed by atoms with E-state index in [2.05, 4.69) is 21.2 Å². The largest absolute Gasteiger partial charge is 0.437 e. The van der Waals surface area contributed by atoms with E-state index in [1.165, 1.54) is 41.7 Å². The number of hydrogen-bond donors (Lipinski definition) is 3. The fourth-order valence-corrected chi connectivity index (χ4v) is 3.52. The maximum atomic E-state index is 13.7. The molecular weight excluding hydrogens is 429 g/mol. The number of hydrogen-bond acceptors (Lipinski definition) is 3. The van der Waals surface area contributed by atoms with Gasteiger partial charge in [-0.05, 0) is 17.7 Å². The molecule has 1 fully saturated rings. The average Bonchev–Trinajstić information content (AvgIpc) is 2.60. The molecule has 0 bridgehead atoms. The lowest BCUT2D eigenvalue weighted by atomic mass is 9.77. The molecular formula is C18H14BrF3N2O3. The summed E-state index contributed by atoms with van der Waals surface area (Å²) in [4.78, 5) is 24.9. The first-order valence-corrected chi connectivity index (χ1v) is 8.65. The van der Waals surface area contributed by atoms with Crippen LogP contribution in [0.25, 0.3) is 0 Å². The highest BCUT2D eigenvalue weighted by atomic mass is 79.9. The third kappa shape index (κ3) is 3.57. The van der Waals surface area contributed by atoms with Gasteiger partial charge in [0.15, 0.2) is 5.78 Å². The number of Topliss-reactive ketones (excluding diaryl/α,β-unsaturated/α-hetero) is 1. The van der Waals surface area contributed by atoms with Crippen LogP contribution in [0.3, 0.4) is 0 Å². The number of aliphatic hydroxyl groups is 1. The van der Waals surface area contributed by atoms with Crippen molar-refractivity contribution in [3.63, 3.8) is 0 Å². The van der Waals surface area contributed by atoms with Gasteiger partial charge in [0, 0.05) is 10.0 Å². The Kier molecular flexibility index (Phi) is 5.00. The topological polar surface area (TPSA) is 78.4 Å². The molecule has 2 aromatic rings.